The van der Waals surface area contributed by atoms with Crippen molar-refractivity contribution in [3.05, 3.63) is 23.8 Å². The minimum atomic E-state index is -3.27. The minimum absolute atomic E-state index is 0.0184. The summed E-state index contributed by atoms with van der Waals surface area (Å²) in [4.78, 5) is 11.7. The predicted octanol–water partition coefficient (Wildman–Crippen LogP) is 2.15. The second kappa shape index (κ2) is 7.79. The Kier molecular flexibility index (Phi) is 6.01. The number of aryl methyl sites for hydroxylation is 1. The molecule has 0 unspecified atom stereocenters. The maximum absolute atomic E-state index is 12.4. The van der Waals surface area contributed by atoms with Crippen molar-refractivity contribution >= 4 is 27.3 Å². The van der Waals surface area contributed by atoms with Gasteiger partial charge in [-0.3, -0.25) is 9.10 Å². The van der Waals surface area contributed by atoms with Gasteiger partial charge in [0, 0.05) is 18.8 Å². The van der Waals surface area contributed by atoms with Crippen molar-refractivity contribution in [3.63, 3.8) is 0 Å². The first-order valence-electron chi connectivity index (χ1n) is 7.99. The second-order valence-corrected chi connectivity index (χ2v) is 7.53. The van der Waals surface area contributed by atoms with Crippen molar-refractivity contribution < 1.29 is 17.9 Å². The first kappa shape index (κ1) is 17.7. The molecule has 0 spiro atoms. The number of hydrogen-bond donors (Lipinski definition) is 1. The fourth-order valence-electron chi connectivity index (χ4n) is 2.69. The molecule has 1 aromatic carbocycles. The van der Waals surface area contributed by atoms with Crippen LogP contribution in [-0.4, -0.2) is 39.8 Å². The van der Waals surface area contributed by atoms with Gasteiger partial charge in [-0.1, -0.05) is 6.92 Å². The van der Waals surface area contributed by atoms with Crippen LogP contribution >= 0.6 is 0 Å². The van der Waals surface area contributed by atoms with Crippen LogP contribution in [0.5, 0.6) is 0 Å². The summed E-state index contributed by atoms with van der Waals surface area (Å²) >= 11 is 0. The molecule has 6 nitrogen and oxygen atoms in total. The largest absolute Gasteiger partial charge is 0.372 e. The summed E-state index contributed by atoms with van der Waals surface area (Å²) in [5, 5.41) is 2.77. The molecule has 128 valence electrons. The summed E-state index contributed by atoms with van der Waals surface area (Å²) in [5.41, 5.74) is 2.35. The lowest BCUT2D eigenvalue weighted by Crippen LogP contribution is -2.37. The molecule has 0 atom stereocenters. The molecule has 1 aliphatic heterocycles. The number of fused-ring (bicyclic) bond motifs is 1. The van der Waals surface area contributed by atoms with Crippen LogP contribution in [0.15, 0.2) is 18.2 Å². The van der Waals surface area contributed by atoms with Crippen LogP contribution in [0.2, 0.25) is 0 Å². The number of carbonyl (C=O) groups is 1. The van der Waals surface area contributed by atoms with Gasteiger partial charge >= 0.3 is 0 Å². The molecule has 0 aromatic heterocycles. The fourth-order valence-corrected chi connectivity index (χ4v) is 4.31. The number of benzene rings is 1. The van der Waals surface area contributed by atoms with Gasteiger partial charge in [-0.05, 0) is 49.9 Å². The summed E-state index contributed by atoms with van der Waals surface area (Å²) in [6.07, 6.45) is 2.19. The molecule has 2 rings (SSSR count). The van der Waals surface area contributed by atoms with Gasteiger partial charge in [0.2, 0.25) is 15.9 Å². The molecule has 1 heterocycles. The van der Waals surface area contributed by atoms with E-state index in [1.165, 1.54) is 4.31 Å². The Hall–Kier alpha value is -1.60. The number of anilines is 2. The SMILES string of the molecule is CCCS(=O)(=O)N1CCCc2cc(NC(=O)COCC)ccc21. The molecule has 0 radical (unpaired) electrons. The van der Waals surface area contributed by atoms with Crippen molar-refractivity contribution in [3.8, 4) is 0 Å². The molecular formula is C16H24N2O4S. The zero-order chi connectivity index (χ0) is 16.9. The molecular weight excluding hydrogens is 316 g/mol. The van der Waals surface area contributed by atoms with E-state index in [1.807, 2.05) is 19.9 Å². The average Bonchev–Trinajstić information content (AvgIpc) is 2.52. The van der Waals surface area contributed by atoms with E-state index in [9.17, 15) is 13.2 Å². The van der Waals surface area contributed by atoms with Gasteiger partial charge in [0.1, 0.15) is 6.61 Å². The number of carbonyl (C=O) groups excluding carboxylic acids is 1. The van der Waals surface area contributed by atoms with Crippen LogP contribution < -0.4 is 9.62 Å². The normalized spacial score (nSPS) is 14.4. The van der Waals surface area contributed by atoms with Crippen LogP contribution in [0.3, 0.4) is 0 Å². The van der Waals surface area contributed by atoms with E-state index >= 15 is 0 Å². The Morgan fingerprint density at radius 1 is 1.35 bits per heavy atom. The summed E-state index contributed by atoms with van der Waals surface area (Å²) in [7, 11) is -3.27. The highest BCUT2D eigenvalue weighted by Gasteiger charge is 2.26. The molecule has 1 aliphatic rings. The maximum Gasteiger partial charge on any atom is 0.250 e. The van der Waals surface area contributed by atoms with E-state index in [0.717, 1.165) is 24.1 Å². The Labute approximate surface area is 137 Å². The van der Waals surface area contributed by atoms with Crippen molar-refractivity contribution in [1.82, 2.24) is 0 Å². The highest BCUT2D eigenvalue weighted by molar-refractivity contribution is 7.92. The smallest absolute Gasteiger partial charge is 0.250 e. The summed E-state index contributed by atoms with van der Waals surface area (Å²) in [5.74, 6) is -0.0581. The van der Waals surface area contributed by atoms with E-state index in [4.69, 9.17) is 4.74 Å². The fraction of sp³-hybridized carbons (Fsp3) is 0.562. The number of sulfonamides is 1. The number of hydrogen-bond acceptors (Lipinski definition) is 4. The Morgan fingerprint density at radius 2 is 2.13 bits per heavy atom. The minimum Gasteiger partial charge on any atom is -0.372 e. The van der Waals surface area contributed by atoms with E-state index in [1.54, 1.807) is 12.1 Å². The lowest BCUT2D eigenvalue weighted by atomic mass is 10.0. The van der Waals surface area contributed by atoms with Crippen molar-refractivity contribution in [1.29, 1.82) is 0 Å². The van der Waals surface area contributed by atoms with Crippen molar-refractivity contribution in [2.45, 2.75) is 33.1 Å². The van der Waals surface area contributed by atoms with Gasteiger partial charge in [0.15, 0.2) is 0 Å². The van der Waals surface area contributed by atoms with Gasteiger partial charge in [0.25, 0.3) is 0 Å². The molecule has 0 bridgehead atoms. The first-order chi connectivity index (χ1) is 11.0. The van der Waals surface area contributed by atoms with Crippen LogP contribution in [0.1, 0.15) is 32.3 Å². The zero-order valence-corrected chi connectivity index (χ0v) is 14.5. The maximum atomic E-state index is 12.4. The standard InChI is InChI=1S/C16H24N2O4S/c1-3-10-23(20,21)18-9-5-6-13-11-14(7-8-15(13)18)17-16(19)12-22-4-2/h7-8,11H,3-6,9-10,12H2,1-2H3,(H,17,19). The van der Waals surface area contributed by atoms with Gasteiger partial charge in [-0.2, -0.15) is 0 Å². The third-order valence-corrected chi connectivity index (χ3v) is 5.65. The quantitative estimate of drug-likeness (QED) is 0.825. The highest BCUT2D eigenvalue weighted by Crippen LogP contribution is 2.31. The van der Waals surface area contributed by atoms with Gasteiger partial charge in [-0.15, -0.1) is 0 Å². The molecule has 7 heteroatoms. The monoisotopic (exact) mass is 340 g/mol. The van der Waals surface area contributed by atoms with E-state index in [2.05, 4.69) is 5.32 Å². The highest BCUT2D eigenvalue weighted by atomic mass is 32.2. The van der Waals surface area contributed by atoms with Crippen molar-refractivity contribution in [2.75, 3.05) is 35.1 Å². The Bertz CT molecular complexity index is 658. The van der Waals surface area contributed by atoms with Gasteiger partial charge in [0.05, 0.1) is 11.4 Å². The third-order valence-electron chi connectivity index (χ3n) is 3.67. The number of ether oxygens (including phenoxy) is 1. The topological polar surface area (TPSA) is 75.7 Å². The molecule has 1 amide bonds. The van der Waals surface area contributed by atoms with Crippen LogP contribution in [-0.2, 0) is 26.0 Å². The number of rotatable bonds is 7. The molecule has 1 N–H and O–H groups in total. The first-order valence-corrected chi connectivity index (χ1v) is 9.59. The average molecular weight is 340 g/mol. The lowest BCUT2D eigenvalue weighted by molar-refractivity contribution is -0.120. The Morgan fingerprint density at radius 3 is 2.83 bits per heavy atom. The summed E-state index contributed by atoms with van der Waals surface area (Å²) < 4.78 is 31.3. The third kappa shape index (κ3) is 4.45. The van der Waals surface area contributed by atoms with E-state index in [-0.39, 0.29) is 18.3 Å². The molecule has 0 saturated heterocycles. The summed E-state index contributed by atoms with van der Waals surface area (Å²) in [6.45, 7) is 4.72. The van der Waals surface area contributed by atoms with Crippen LogP contribution in [0.4, 0.5) is 11.4 Å². The number of amides is 1. The predicted molar refractivity (Wildman–Crippen MR) is 91.3 cm³/mol. The lowest BCUT2D eigenvalue weighted by Gasteiger charge is -2.30. The van der Waals surface area contributed by atoms with E-state index < -0.39 is 10.0 Å². The van der Waals surface area contributed by atoms with Crippen molar-refractivity contribution in [2.24, 2.45) is 0 Å². The molecule has 0 aliphatic carbocycles. The second-order valence-electron chi connectivity index (χ2n) is 5.52. The van der Waals surface area contributed by atoms with Gasteiger partial charge in [-0.25, -0.2) is 8.42 Å². The molecule has 0 fully saturated rings. The molecule has 0 saturated carbocycles. The number of nitrogens with one attached hydrogen (secondary N) is 1. The van der Waals surface area contributed by atoms with Gasteiger partial charge < -0.3 is 10.1 Å². The zero-order valence-electron chi connectivity index (χ0n) is 13.7. The van der Waals surface area contributed by atoms with E-state index in [0.29, 0.717) is 25.3 Å². The molecule has 23 heavy (non-hydrogen) atoms. The van der Waals surface area contributed by atoms with Crippen LogP contribution in [0.25, 0.3) is 0 Å². The summed E-state index contributed by atoms with van der Waals surface area (Å²) in [6, 6.07) is 5.37. The molecule has 1 aromatic rings. The Balaban J connectivity index is 2.18. The van der Waals surface area contributed by atoms with Crippen LogP contribution in [0, 0.1) is 0 Å². The number of nitrogens with zero attached hydrogens (tertiary/aromatic N) is 1.